The van der Waals surface area contributed by atoms with E-state index in [4.69, 9.17) is 4.84 Å². The molecule has 0 aromatic carbocycles. The molecule has 0 aromatic rings. The first-order chi connectivity index (χ1) is 14.1. The predicted molar refractivity (Wildman–Crippen MR) is 106 cm³/mol. The van der Waals surface area contributed by atoms with Crippen molar-refractivity contribution >= 4 is 29.6 Å². The summed E-state index contributed by atoms with van der Waals surface area (Å²) in [5.74, 6) is -2.23. The highest BCUT2D eigenvalue weighted by Gasteiger charge is 2.33. The van der Waals surface area contributed by atoms with E-state index >= 15 is 0 Å². The predicted octanol–water partition coefficient (Wildman–Crippen LogP) is 0.117. The highest BCUT2D eigenvalue weighted by atomic mass is 16.8. The van der Waals surface area contributed by atoms with Crippen molar-refractivity contribution in [2.24, 2.45) is 5.41 Å². The van der Waals surface area contributed by atoms with Gasteiger partial charge in [-0.2, -0.15) is 0 Å². The maximum atomic E-state index is 12.4. The van der Waals surface area contributed by atoms with Crippen molar-refractivity contribution in [2.45, 2.75) is 65.3 Å². The van der Waals surface area contributed by atoms with E-state index in [9.17, 15) is 24.0 Å². The third kappa shape index (κ3) is 7.40. The van der Waals surface area contributed by atoms with Gasteiger partial charge in [-0.15, -0.1) is 5.06 Å². The van der Waals surface area contributed by atoms with Crippen LogP contribution in [0.1, 0.15) is 59.3 Å². The molecular weight excluding hydrogens is 401 g/mol. The maximum absolute atomic E-state index is 12.4. The number of amides is 4. The van der Waals surface area contributed by atoms with Crippen LogP contribution in [0.25, 0.3) is 0 Å². The van der Waals surface area contributed by atoms with Crippen LogP contribution in [0.3, 0.4) is 0 Å². The Balaban J connectivity index is 1.60. The van der Waals surface area contributed by atoms with Gasteiger partial charge in [0.15, 0.2) is 0 Å². The summed E-state index contributed by atoms with van der Waals surface area (Å²) in [4.78, 5) is 65.7. The lowest BCUT2D eigenvalue weighted by Crippen LogP contribution is -2.46. The number of carbonyl (C=O) groups is 5. The van der Waals surface area contributed by atoms with Crippen molar-refractivity contribution in [2.75, 3.05) is 26.2 Å². The number of hydrogen-bond donors (Lipinski definition) is 2. The second kappa shape index (κ2) is 10.5. The van der Waals surface area contributed by atoms with Crippen LogP contribution < -0.4 is 10.6 Å². The number of rotatable bonds is 9. The van der Waals surface area contributed by atoms with Crippen molar-refractivity contribution in [3.63, 3.8) is 0 Å². The van der Waals surface area contributed by atoms with E-state index in [2.05, 4.69) is 36.3 Å². The van der Waals surface area contributed by atoms with Gasteiger partial charge in [-0.3, -0.25) is 24.1 Å². The van der Waals surface area contributed by atoms with Gasteiger partial charge in [-0.05, 0) is 24.8 Å². The number of nitrogens with zero attached hydrogens (tertiary/aromatic N) is 2. The second-order valence-corrected chi connectivity index (χ2v) is 8.88. The third-order valence-electron chi connectivity index (χ3n) is 4.85. The topological polar surface area (TPSA) is 125 Å². The largest absolute Gasteiger partial charge is 0.355 e. The van der Waals surface area contributed by atoms with Gasteiger partial charge in [0, 0.05) is 38.9 Å². The fraction of sp³-hybridized carbons (Fsp3) is 0.750. The lowest BCUT2D eigenvalue weighted by Gasteiger charge is -2.30. The Morgan fingerprint density at radius 1 is 1.03 bits per heavy atom. The number of nitrogens with one attached hydrogen (secondary N) is 2. The first kappa shape index (κ1) is 23.8. The molecule has 168 valence electrons. The Morgan fingerprint density at radius 2 is 1.67 bits per heavy atom. The molecule has 2 N–H and O–H groups in total. The van der Waals surface area contributed by atoms with Crippen molar-refractivity contribution in [3.8, 4) is 0 Å². The zero-order valence-electron chi connectivity index (χ0n) is 18.0. The summed E-state index contributed by atoms with van der Waals surface area (Å²) in [6, 6.07) is -0.155. The molecule has 2 aliphatic rings. The van der Waals surface area contributed by atoms with Gasteiger partial charge in [0.1, 0.15) is 0 Å². The minimum atomic E-state index is -0.771. The van der Waals surface area contributed by atoms with Crippen LogP contribution >= 0.6 is 0 Å². The van der Waals surface area contributed by atoms with Crippen LogP contribution in [-0.2, 0) is 28.8 Å². The summed E-state index contributed by atoms with van der Waals surface area (Å²) in [7, 11) is 0. The highest BCUT2D eigenvalue weighted by Crippen LogP contribution is 2.23. The summed E-state index contributed by atoms with van der Waals surface area (Å²) in [6.45, 7) is 8.40. The van der Waals surface area contributed by atoms with Crippen molar-refractivity contribution in [1.29, 1.82) is 0 Å². The molecule has 0 aliphatic carbocycles. The summed E-state index contributed by atoms with van der Waals surface area (Å²) >= 11 is 0. The molecule has 10 heteroatoms. The number of imide groups is 1. The molecule has 2 aliphatic heterocycles. The maximum Gasteiger partial charge on any atom is 0.334 e. The molecule has 30 heavy (non-hydrogen) atoms. The van der Waals surface area contributed by atoms with Gasteiger partial charge in [0.05, 0.1) is 12.5 Å². The molecule has 1 atom stereocenters. The van der Waals surface area contributed by atoms with Gasteiger partial charge >= 0.3 is 5.97 Å². The Hall–Kier alpha value is -2.49. The molecule has 2 fully saturated rings. The van der Waals surface area contributed by atoms with Gasteiger partial charge in [0.2, 0.25) is 11.8 Å². The molecular formula is C20H32N4O6. The third-order valence-corrected chi connectivity index (χ3v) is 4.85. The minimum absolute atomic E-state index is 0.0177. The second-order valence-electron chi connectivity index (χ2n) is 8.88. The summed E-state index contributed by atoms with van der Waals surface area (Å²) in [5, 5.41) is 5.85. The number of likely N-dealkylation sites (tertiary alicyclic amines) is 1. The molecule has 2 rings (SSSR count). The zero-order valence-corrected chi connectivity index (χ0v) is 18.0. The lowest BCUT2D eigenvalue weighted by atomic mass is 9.96. The molecule has 10 nitrogen and oxygen atoms in total. The molecule has 0 radical (unpaired) electrons. The zero-order chi connectivity index (χ0) is 22.3. The monoisotopic (exact) mass is 433 g/mol. The lowest BCUT2D eigenvalue weighted by molar-refractivity contribution is -0.197. The Kier molecular flexibility index (Phi) is 8.33. The van der Waals surface area contributed by atoms with Crippen molar-refractivity contribution < 1.29 is 28.8 Å². The SMILES string of the molecule is CC(C)(C)CN1CCCC1[13C](=O)[15NH][13CH2][13CH2][13C](=O)[15NH][13CH2][13CH2][13C](=O)ON1C(=O)CCC1=O. The average Bonchev–Trinajstić information content (AvgIpc) is 3.21. The molecule has 1 unspecified atom stereocenters. The van der Waals surface area contributed by atoms with Gasteiger partial charge in [-0.25, -0.2) is 4.79 Å². The average molecular weight is 433 g/mol. The van der Waals surface area contributed by atoms with E-state index in [0.29, 0.717) is 5.06 Å². The first-order valence-electron chi connectivity index (χ1n) is 10.4. The molecule has 0 saturated carbocycles. The van der Waals surface area contributed by atoms with Gasteiger partial charge in [0.25, 0.3) is 11.8 Å². The first-order valence-corrected chi connectivity index (χ1v) is 10.4. The summed E-state index contributed by atoms with van der Waals surface area (Å²) < 4.78 is 0. The van der Waals surface area contributed by atoms with E-state index in [1.165, 1.54) is 0 Å². The van der Waals surface area contributed by atoms with Crippen LogP contribution in [0.2, 0.25) is 0 Å². The molecule has 2 saturated heterocycles. The Bertz CT molecular complexity index is 671. The smallest absolute Gasteiger partial charge is 0.334 e. The van der Waals surface area contributed by atoms with E-state index in [1.54, 1.807) is 0 Å². The Labute approximate surface area is 176 Å². The fourth-order valence-electron chi connectivity index (χ4n) is 3.54. The Morgan fingerprint density at radius 3 is 2.30 bits per heavy atom. The standard InChI is InChI=1S/C20H32N4O6/c1-20(2,3)13-23-12-4-5-14(23)19(29)22-10-8-15(25)21-11-9-18(28)30-24-16(26)6-7-17(24)27/h14H,4-13H2,1-3H3,(H,21,25)(H,22,29)/i8+1,9+1,10+1,11+1,15+1,18+1,19+1,21+1,22+1. The number of hydrogen-bond acceptors (Lipinski definition) is 7. The van der Waals surface area contributed by atoms with Crippen LogP contribution in [-0.4, -0.2) is 71.8 Å². The van der Waals surface area contributed by atoms with E-state index in [-0.39, 0.29) is 62.0 Å². The van der Waals surface area contributed by atoms with E-state index in [1.807, 2.05) is 0 Å². The number of hydroxylamine groups is 2. The van der Waals surface area contributed by atoms with Crippen molar-refractivity contribution in [3.05, 3.63) is 0 Å². The summed E-state index contributed by atoms with van der Waals surface area (Å²) in [6.07, 6.45) is 1.79. The highest BCUT2D eigenvalue weighted by molar-refractivity contribution is 6.01. The molecule has 0 spiro atoms. The van der Waals surface area contributed by atoms with Crippen molar-refractivity contribution in [1.82, 2.24) is 20.6 Å². The van der Waals surface area contributed by atoms with E-state index < -0.39 is 17.8 Å². The normalized spacial score (nSPS) is 19.8. The minimum Gasteiger partial charge on any atom is -0.355 e. The van der Waals surface area contributed by atoms with Gasteiger partial charge < -0.3 is 15.5 Å². The molecule has 0 aromatic heterocycles. The quantitative estimate of drug-likeness (QED) is 0.301. The van der Waals surface area contributed by atoms with Crippen LogP contribution in [0.4, 0.5) is 0 Å². The number of carbonyl (C=O) groups excluding carboxylic acids is 5. The van der Waals surface area contributed by atoms with E-state index in [0.717, 1.165) is 25.9 Å². The van der Waals surface area contributed by atoms with Crippen LogP contribution in [0, 0.1) is 5.41 Å². The fourth-order valence-corrected chi connectivity index (χ4v) is 3.54. The molecule has 4 amide bonds. The molecule has 0 bridgehead atoms. The van der Waals surface area contributed by atoms with Gasteiger partial charge in [-0.1, -0.05) is 20.8 Å². The van der Waals surface area contributed by atoms with Crippen LogP contribution in [0.15, 0.2) is 0 Å². The molecule has 2 heterocycles. The summed E-state index contributed by atoms with van der Waals surface area (Å²) in [5.41, 5.74) is 0.110. The van der Waals surface area contributed by atoms with Crippen LogP contribution in [0.5, 0.6) is 0 Å².